The van der Waals surface area contributed by atoms with Gasteiger partial charge in [0.1, 0.15) is 0 Å². The Morgan fingerprint density at radius 3 is 2.06 bits per heavy atom. The minimum atomic E-state index is 0.265. The van der Waals surface area contributed by atoms with Gasteiger partial charge in [0.2, 0.25) is 0 Å². The molecule has 0 amide bonds. The molecule has 1 rings (SSSR count). The van der Waals surface area contributed by atoms with E-state index in [1.807, 2.05) is 0 Å². The smallest absolute Gasteiger partial charge is 0.0672 e. The zero-order valence-electron chi connectivity index (χ0n) is 11.9. The number of hydrogen-bond acceptors (Lipinski definition) is 2. The highest BCUT2D eigenvalue weighted by atomic mass is 15.2. The second-order valence-corrected chi connectivity index (χ2v) is 6.33. The van der Waals surface area contributed by atoms with Crippen LogP contribution in [0.15, 0.2) is 0 Å². The highest BCUT2D eigenvalue weighted by Gasteiger charge is 2.30. The van der Waals surface area contributed by atoms with Crippen LogP contribution in [-0.2, 0) is 0 Å². The van der Waals surface area contributed by atoms with Crippen LogP contribution in [0.3, 0.4) is 0 Å². The lowest BCUT2D eigenvalue weighted by atomic mass is 9.84. The normalized spacial score (nSPS) is 25.5. The summed E-state index contributed by atoms with van der Waals surface area (Å²) in [6.45, 7) is 11.4. The van der Waals surface area contributed by atoms with Crippen molar-refractivity contribution in [1.29, 1.82) is 5.26 Å². The standard InChI is InChI=1S/C15H28N2/c1-12(2)10-17(11-13(3)4)15-8-6-5-7-14(15)9-16/h12-15H,5-8,10-11H2,1-4H3. The second-order valence-electron chi connectivity index (χ2n) is 6.33. The molecule has 0 spiro atoms. The number of rotatable bonds is 5. The average molecular weight is 236 g/mol. The van der Waals surface area contributed by atoms with E-state index in [-0.39, 0.29) is 5.92 Å². The molecule has 2 atom stereocenters. The quantitative estimate of drug-likeness (QED) is 0.728. The van der Waals surface area contributed by atoms with Crippen molar-refractivity contribution in [2.45, 2.75) is 59.4 Å². The van der Waals surface area contributed by atoms with Gasteiger partial charge in [-0.2, -0.15) is 5.26 Å². The van der Waals surface area contributed by atoms with Gasteiger partial charge in [-0.1, -0.05) is 40.5 Å². The first-order valence-electron chi connectivity index (χ1n) is 7.18. The molecule has 98 valence electrons. The van der Waals surface area contributed by atoms with E-state index in [2.05, 4.69) is 38.7 Å². The Morgan fingerprint density at radius 2 is 1.59 bits per heavy atom. The van der Waals surface area contributed by atoms with Crippen LogP contribution in [-0.4, -0.2) is 24.0 Å². The van der Waals surface area contributed by atoms with Gasteiger partial charge in [-0.15, -0.1) is 0 Å². The zero-order valence-corrected chi connectivity index (χ0v) is 11.9. The largest absolute Gasteiger partial charge is 0.299 e. The Hall–Kier alpha value is -0.550. The first kappa shape index (κ1) is 14.5. The van der Waals surface area contributed by atoms with Crippen LogP contribution in [0.5, 0.6) is 0 Å². The van der Waals surface area contributed by atoms with E-state index >= 15 is 0 Å². The molecule has 0 saturated heterocycles. The van der Waals surface area contributed by atoms with E-state index in [4.69, 9.17) is 0 Å². The fourth-order valence-corrected chi connectivity index (χ4v) is 2.98. The van der Waals surface area contributed by atoms with Crippen molar-refractivity contribution in [3.63, 3.8) is 0 Å². The molecule has 2 heteroatoms. The molecule has 2 nitrogen and oxygen atoms in total. The van der Waals surface area contributed by atoms with Crippen molar-refractivity contribution in [1.82, 2.24) is 4.90 Å². The minimum Gasteiger partial charge on any atom is -0.299 e. The lowest BCUT2D eigenvalue weighted by molar-refractivity contribution is 0.100. The van der Waals surface area contributed by atoms with Gasteiger partial charge in [0.25, 0.3) is 0 Å². The van der Waals surface area contributed by atoms with E-state index in [0.29, 0.717) is 17.9 Å². The maximum atomic E-state index is 9.30. The summed E-state index contributed by atoms with van der Waals surface area (Å²) in [6, 6.07) is 3.05. The summed E-state index contributed by atoms with van der Waals surface area (Å²) in [6.07, 6.45) is 4.87. The Balaban J connectivity index is 2.68. The lowest BCUT2D eigenvalue weighted by Gasteiger charge is -2.39. The Kier molecular flexibility index (Phi) is 5.98. The fraction of sp³-hybridized carbons (Fsp3) is 0.933. The summed E-state index contributed by atoms with van der Waals surface area (Å²) in [5.74, 6) is 1.64. The van der Waals surface area contributed by atoms with Gasteiger partial charge in [-0.3, -0.25) is 4.90 Å². The van der Waals surface area contributed by atoms with Crippen molar-refractivity contribution >= 4 is 0 Å². The van der Waals surface area contributed by atoms with E-state index in [1.165, 1.54) is 19.3 Å². The van der Waals surface area contributed by atoms with Crippen LogP contribution >= 0.6 is 0 Å². The summed E-state index contributed by atoms with van der Waals surface area (Å²) < 4.78 is 0. The molecule has 0 radical (unpaired) electrons. The summed E-state index contributed by atoms with van der Waals surface area (Å²) >= 11 is 0. The molecule has 0 bridgehead atoms. The predicted molar refractivity (Wildman–Crippen MR) is 72.6 cm³/mol. The summed E-state index contributed by atoms with van der Waals surface area (Å²) in [5, 5.41) is 9.30. The second kappa shape index (κ2) is 7.01. The SMILES string of the molecule is CC(C)CN(CC(C)C)C1CCCCC1C#N. The molecule has 1 fully saturated rings. The predicted octanol–water partition coefficient (Wildman–Crippen LogP) is 3.68. The van der Waals surface area contributed by atoms with E-state index < -0.39 is 0 Å². The van der Waals surface area contributed by atoms with Crippen LogP contribution in [0.2, 0.25) is 0 Å². The van der Waals surface area contributed by atoms with E-state index in [9.17, 15) is 5.26 Å². The molecule has 1 saturated carbocycles. The van der Waals surface area contributed by atoms with E-state index in [1.54, 1.807) is 0 Å². The summed E-state index contributed by atoms with van der Waals surface area (Å²) in [7, 11) is 0. The number of nitriles is 1. The molecule has 0 aromatic rings. The van der Waals surface area contributed by atoms with Gasteiger partial charge < -0.3 is 0 Å². The number of nitrogens with zero attached hydrogens (tertiary/aromatic N) is 2. The van der Waals surface area contributed by atoms with Gasteiger partial charge >= 0.3 is 0 Å². The summed E-state index contributed by atoms with van der Waals surface area (Å²) in [4.78, 5) is 2.59. The van der Waals surface area contributed by atoms with Crippen LogP contribution in [0.25, 0.3) is 0 Å². The molecular formula is C15H28N2. The van der Waals surface area contributed by atoms with Gasteiger partial charge in [-0.25, -0.2) is 0 Å². The van der Waals surface area contributed by atoms with Gasteiger partial charge in [0.05, 0.1) is 12.0 Å². The van der Waals surface area contributed by atoms with Crippen molar-refractivity contribution in [2.75, 3.05) is 13.1 Å². The molecule has 0 aliphatic heterocycles. The third kappa shape index (κ3) is 4.68. The molecule has 17 heavy (non-hydrogen) atoms. The van der Waals surface area contributed by atoms with Crippen LogP contribution in [0.4, 0.5) is 0 Å². The van der Waals surface area contributed by atoms with Crippen LogP contribution in [0, 0.1) is 29.1 Å². The van der Waals surface area contributed by atoms with Gasteiger partial charge in [-0.05, 0) is 24.7 Å². The highest BCUT2D eigenvalue weighted by molar-refractivity contribution is 4.96. The highest BCUT2D eigenvalue weighted by Crippen LogP contribution is 2.29. The number of hydrogen-bond donors (Lipinski definition) is 0. The Labute approximate surface area is 107 Å². The fourth-order valence-electron chi connectivity index (χ4n) is 2.98. The van der Waals surface area contributed by atoms with Crippen molar-refractivity contribution in [3.8, 4) is 6.07 Å². The molecule has 1 aliphatic rings. The third-order valence-corrected chi connectivity index (χ3v) is 3.56. The van der Waals surface area contributed by atoms with Crippen molar-refractivity contribution in [2.24, 2.45) is 17.8 Å². The lowest BCUT2D eigenvalue weighted by Crippen LogP contribution is -2.45. The topological polar surface area (TPSA) is 27.0 Å². The molecule has 0 heterocycles. The first-order valence-corrected chi connectivity index (χ1v) is 7.18. The maximum absolute atomic E-state index is 9.30. The molecular weight excluding hydrogens is 208 g/mol. The van der Waals surface area contributed by atoms with Crippen molar-refractivity contribution < 1.29 is 0 Å². The molecule has 0 aromatic heterocycles. The van der Waals surface area contributed by atoms with Gasteiger partial charge in [0.15, 0.2) is 0 Å². The maximum Gasteiger partial charge on any atom is 0.0672 e. The summed E-state index contributed by atoms with van der Waals surface area (Å²) in [5.41, 5.74) is 0. The third-order valence-electron chi connectivity index (χ3n) is 3.56. The average Bonchev–Trinajstić information content (AvgIpc) is 2.27. The minimum absolute atomic E-state index is 0.265. The molecule has 0 aromatic carbocycles. The monoisotopic (exact) mass is 236 g/mol. The van der Waals surface area contributed by atoms with Crippen molar-refractivity contribution in [3.05, 3.63) is 0 Å². The Bertz CT molecular complexity index is 242. The molecule has 0 N–H and O–H groups in total. The first-order chi connectivity index (χ1) is 8.04. The molecule has 2 unspecified atom stereocenters. The zero-order chi connectivity index (χ0) is 12.8. The van der Waals surface area contributed by atoms with Crippen LogP contribution < -0.4 is 0 Å². The van der Waals surface area contributed by atoms with Crippen LogP contribution in [0.1, 0.15) is 53.4 Å². The van der Waals surface area contributed by atoms with E-state index in [0.717, 1.165) is 19.5 Å². The Morgan fingerprint density at radius 1 is 1.06 bits per heavy atom. The molecule has 1 aliphatic carbocycles. The van der Waals surface area contributed by atoms with Gasteiger partial charge in [0, 0.05) is 19.1 Å².